The third-order valence-electron chi connectivity index (χ3n) is 3.83. The Balaban J connectivity index is 1.69. The number of hydrogen-bond acceptors (Lipinski definition) is 5. The molecule has 6 nitrogen and oxygen atoms in total. The minimum absolute atomic E-state index is 0.205. The van der Waals surface area contributed by atoms with Gasteiger partial charge < -0.3 is 14.5 Å². The Morgan fingerprint density at radius 1 is 1.35 bits per heavy atom. The fraction of sp³-hybridized carbons (Fsp3) is 0.211. The molecule has 0 aliphatic heterocycles. The number of aromatic nitrogens is 1. The van der Waals surface area contributed by atoms with Gasteiger partial charge in [0.2, 0.25) is 0 Å². The van der Waals surface area contributed by atoms with Crippen molar-refractivity contribution in [2.24, 2.45) is 0 Å². The molecule has 0 atom stereocenters. The van der Waals surface area contributed by atoms with Crippen LogP contribution in [0.2, 0.25) is 5.02 Å². The lowest BCUT2D eigenvalue weighted by atomic mass is 10.1. The van der Waals surface area contributed by atoms with Gasteiger partial charge in [-0.1, -0.05) is 24.6 Å². The summed E-state index contributed by atoms with van der Waals surface area (Å²) in [6, 6.07) is 8.33. The zero-order valence-corrected chi connectivity index (χ0v) is 14.9. The summed E-state index contributed by atoms with van der Waals surface area (Å²) in [6.07, 6.45) is 4.02. The smallest absolute Gasteiger partial charge is 0.336 e. The maximum absolute atomic E-state index is 11.9. The van der Waals surface area contributed by atoms with E-state index in [1.54, 1.807) is 24.5 Å². The molecule has 2 aromatic heterocycles. The zero-order chi connectivity index (χ0) is 18.5. The molecule has 1 aromatic carbocycles. The highest BCUT2D eigenvalue weighted by Crippen LogP contribution is 2.31. The van der Waals surface area contributed by atoms with E-state index in [0.717, 1.165) is 16.5 Å². The Hall–Kier alpha value is -2.86. The van der Waals surface area contributed by atoms with Gasteiger partial charge >= 0.3 is 5.63 Å². The van der Waals surface area contributed by atoms with Crippen molar-refractivity contribution in [3.05, 3.63) is 69.3 Å². The van der Waals surface area contributed by atoms with Crippen LogP contribution in [-0.4, -0.2) is 17.5 Å². The molecule has 0 saturated heterocycles. The van der Waals surface area contributed by atoms with E-state index < -0.39 is 5.63 Å². The molecular weight excluding hydrogens is 356 g/mol. The van der Waals surface area contributed by atoms with Crippen LogP contribution >= 0.6 is 11.6 Å². The molecule has 0 aliphatic carbocycles. The second-order valence-corrected chi connectivity index (χ2v) is 6.06. The van der Waals surface area contributed by atoms with E-state index >= 15 is 0 Å². The molecule has 0 saturated carbocycles. The van der Waals surface area contributed by atoms with Gasteiger partial charge in [0.1, 0.15) is 11.3 Å². The average Bonchev–Trinajstić information content (AvgIpc) is 2.65. The van der Waals surface area contributed by atoms with Crippen molar-refractivity contribution in [1.82, 2.24) is 10.3 Å². The summed E-state index contributed by atoms with van der Waals surface area (Å²) in [5.74, 6) is -0.0131. The molecule has 26 heavy (non-hydrogen) atoms. The van der Waals surface area contributed by atoms with Crippen LogP contribution in [0.4, 0.5) is 0 Å². The number of carbonyl (C=O) groups is 1. The largest absolute Gasteiger partial charge is 0.482 e. The number of carbonyl (C=O) groups excluding carboxylic acids is 1. The number of halogens is 1. The van der Waals surface area contributed by atoms with E-state index in [1.165, 1.54) is 12.1 Å². The lowest BCUT2D eigenvalue weighted by molar-refractivity contribution is -0.123. The second kappa shape index (κ2) is 8.01. The van der Waals surface area contributed by atoms with Crippen LogP contribution in [0, 0.1) is 0 Å². The minimum atomic E-state index is -0.433. The Labute approximate surface area is 154 Å². The summed E-state index contributed by atoms with van der Waals surface area (Å²) in [5.41, 5.74) is 1.68. The summed E-state index contributed by atoms with van der Waals surface area (Å²) in [6.45, 7) is 2.10. The van der Waals surface area contributed by atoms with Crippen molar-refractivity contribution >= 4 is 28.5 Å². The summed E-state index contributed by atoms with van der Waals surface area (Å²) in [4.78, 5) is 27.6. The van der Waals surface area contributed by atoms with E-state index in [2.05, 4.69) is 10.3 Å². The normalized spacial score (nSPS) is 10.7. The summed E-state index contributed by atoms with van der Waals surface area (Å²) >= 11 is 6.24. The molecule has 3 rings (SSSR count). The van der Waals surface area contributed by atoms with Crippen molar-refractivity contribution in [1.29, 1.82) is 0 Å². The number of hydrogen-bond donors (Lipinski definition) is 1. The molecule has 0 fully saturated rings. The molecule has 0 radical (unpaired) electrons. The Morgan fingerprint density at radius 2 is 2.19 bits per heavy atom. The van der Waals surface area contributed by atoms with Gasteiger partial charge in [-0.3, -0.25) is 9.78 Å². The first kappa shape index (κ1) is 17.9. The quantitative estimate of drug-likeness (QED) is 0.672. The number of amides is 1. The predicted octanol–water partition coefficient (Wildman–Crippen LogP) is 3.10. The number of aryl methyl sites for hydroxylation is 1. The average molecular weight is 373 g/mol. The lowest BCUT2D eigenvalue weighted by Gasteiger charge is -2.10. The van der Waals surface area contributed by atoms with Crippen molar-refractivity contribution in [2.75, 3.05) is 6.61 Å². The molecule has 2 heterocycles. The molecule has 7 heteroatoms. The van der Waals surface area contributed by atoms with Crippen LogP contribution in [0.5, 0.6) is 5.75 Å². The van der Waals surface area contributed by atoms with Gasteiger partial charge in [0, 0.05) is 36.5 Å². The Morgan fingerprint density at radius 3 is 2.92 bits per heavy atom. The van der Waals surface area contributed by atoms with E-state index in [9.17, 15) is 9.59 Å². The summed E-state index contributed by atoms with van der Waals surface area (Å²) < 4.78 is 10.7. The highest BCUT2D eigenvalue weighted by atomic mass is 35.5. The molecule has 1 N–H and O–H groups in total. The van der Waals surface area contributed by atoms with Crippen LogP contribution in [-0.2, 0) is 17.8 Å². The molecule has 1 amide bonds. The fourth-order valence-corrected chi connectivity index (χ4v) is 2.75. The summed E-state index contributed by atoms with van der Waals surface area (Å²) in [5, 5.41) is 3.84. The molecule has 0 aliphatic rings. The SMILES string of the molecule is CCc1cc(=O)oc2cc(OCC(=O)NCc3cccnc3)c(Cl)cc12. The number of fused-ring (bicyclic) bond motifs is 1. The predicted molar refractivity (Wildman–Crippen MR) is 98.5 cm³/mol. The number of ether oxygens (including phenoxy) is 1. The molecular formula is C19H17ClN2O4. The maximum Gasteiger partial charge on any atom is 0.336 e. The molecule has 0 spiro atoms. The molecule has 0 unspecified atom stereocenters. The number of benzene rings is 1. The van der Waals surface area contributed by atoms with E-state index in [1.807, 2.05) is 13.0 Å². The number of pyridine rings is 1. The first-order valence-corrected chi connectivity index (χ1v) is 8.49. The van der Waals surface area contributed by atoms with Gasteiger partial charge in [-0.25, -0.2) is 4.79 Å². The van der Waals surface area contributed by atoms with Crippen LogP contribution in [0.15, 0.2) is 51.9 Å². The monoisotopic (exact) mass is 372 g/mol. The number of nitrogens with one attached hydrogen (secondary N) is 1. The highest BCUT2D eigenvalue weighted by molar-refractivity contribution is 6.32. The molecule has 0 bridgehead atoms. The van der Waals surface area contributed by atoms with E-state index in [0.29, 0.717) is 23.6 Å². The van der Waals surface area contributed by atoms with Gasteiger partial charge in [0.25, 0.3) is 5.91 Å². The second-order valence-electron chi connectivity index (χ2n) is 5.65. The topological polar surface area (TPSA) is 81.4 Å². The van der Waals surface area contributed by atoms with Crippen molar-refractivity contribution in [2.45, 2.75) is 19.9 Å². The number of nitrogens with zero attached hydrogens (tertiary/aromatic N) is 1. The summed E-state index contributed by atoms with van der Waals surface area (Å²) in [7, 11) is 0. The highest BCUT2D eigenvalue weighted by Gasteiger charge is 2.12. The standard InChI is InChI=1S/C19H17ClN2O4/c1-2-13-6-19(24)26-16-8-17(15(20)7-14(13)16)25-11-18(23)22-10-12-4-3-5-21-9-12/h3-9H,2,10-11H2,1H3,(H,22,23). The van der Waals surface area contributed by atoms with E-state index in [-0.39, 0.29) is 18.3 Å². The zero-order valence-electron chi connectivity index (χ0n) is 14.1. The lowest BCUT2D eigenvalue weighted by Crippen LogP contribution is -2.28. The molecule has 3 aromatic rings. The van der Waals surface area contributed by atoms with Gasteiger partial charge in [-0.2, -0.15) is 0 Å². The van der Waals surface area contributed by atoms with Gasteiger partial charge in [-0.05, 0) is 29.7 Å². The first-order chi connectivity index (χ1) is 12.6. The Kier molecular flexibility index (Phi) is 5.53. The van der Waals surface area contributed by atoms with Gasteiger partial charge in [0.15, 0.2) is 6.61 Å². The number of rotatable bonds is 6. The van der Waals surface area contributed by atoms with Crippen LogP contribution in [0.3, 0.4) is 0 Å². The van der Waals surface area contributed by atoms with Gasteiger partial charge in [0.05, 0.1) is 5.02 Å². The fourth-order valence-electron chi connectivity index (χ4n) is 2.53. The maximum atomic E-state index is 11.9. The third kappa shape index (κ3) is 4.21. The van der Waals surface area contributed by atoms with Crippen molar-refractivity contribution < 1.29 is 13.9 Å². The van der Waals surface area contributed by atoms with Crippen LogP contribution in [0.25, 0.3) is 11.0 Å². The van der Waals surface area contributed by atoms with Gasteiger partial charge in [-0.15, -0.1) is 0 Å². The van der Waals surface area contributed by atoms with E-state index in [4.69, 9.17) is 20.8 Å². The van der Waals surface area contributed by atoms with Crippen molar-refractivity contribution in [3.8, 4) is 5.75 Å². The van der Waals surface area contributed by atoms with Crippen LogP contribution < -0.4 is 15.7 Å². The van der Waals surface area contributed by atoms with Crippen LogP contribution in [0.1, 0.15) is 18.1 Å². The first-order valence-electron chi connectivity index (χ1n) is 8.11. The van der Waals surface area contributed by atoms with Crippen molar-refractivity contribution in [3.63, 3.8) is 0 Å². The Bertz CT molecular complexity index is 986. The third-order valence-corrected chi connectivity index (χ3v) is 4.13. The minimum Gasteiger partial charge on any atom is -0.482 e. The molecule has 134 valence electrons.